The van der Waals surface area contributed by atoms with E-state index in [0.717, 1.165) is 11.9 Å². The van der Waals surface area contributed by atoms with Crippen molar-refractivity contribution < 1.29 is 17.9 Å². The average Bonchev–Trinajstić information content (AvgIpc) is 3.55. The Bertz CT molecular complexity index is 1430. The standard InChI is InChI=1S/C24H14ClF2N3O2S2/c25-16-9-22(34-30-23-12-33-13-28-23)18(27)10-21(16)32-20-6-5-19(15-3-1-2-4-17(15)26)29-24(20)14-7-8-31-11-14/h1-13,30H. The number of hydrogen-bond donors (Lipinski definition) is 1. The van der Waals surface area contributed by atoms with Crippen molar-refractivity contribution in [2.24, 2.45) is 0 Å². The summed E-state index contributed by atoms with van der Waals surface area (Å²) in [5, 5.41) is 2.01. The van der Waals surface area contributed by atoms with Gasteiger partial charge in [0.25, 0.3) is 0 Å². The third-order valence-corrected chi connectivity index (χ3v) is 6.43. The number of aromatic nitrogens is 2. The number of hydrogen-bond acceptors (Lipinski definition) is 7. The van der Waals surface area contributed by atoms with E-state index in [9.17, 15) is 8.78 Å². The maximum atomic E-state index is 14.8. The highest BCUT2D eigenvalue weighted by Crippen LogP contribution is 2.39. The molecule has 0 aliphatic rings. The van der Waals surface area contributed by atoms with Gasteiger partial charge in [-0.25, -0.2) is 18.7 Å². The van der Waals surface area contributed by atoms with Crippen LogP contribution in [0, 0.1) is 11.6 Å². The summed E-state index contributed by atoms with van der Waals surface area (Å²) < 4.78 is 43.2. The van der Waals surface area contributed by atoms with Crippen LogP contribution in [0.1, 0.15) is 0 Å². The number of pyridine rings is 1. The Morgan fingerprint density at radius 2 is 1.91 bits per heavy atom. The fraction of sp³-hybridized carbons (Fsp3) is 0. The monoisotopic (exact) mass is 513 g/mol. The Kier molecular flexibility index (Phi) is 6.48. The smallest absolute Gasteiger partial charge is 0.153 e. The highest BCUT2D eigenvalue weighted by molar-refractivity contribution is 8.00. The van der Waals surface area contributed by atoms with Gasteiger partial charge in [-0.15, -0.1) is 11.3 Å². The third kappa shape index (κ3) is 4.77. The second-order valence-corrected chi connectivity index (χ2v) is 8.90. The second-order valence-electron chi connectivity index (χ2n) is 6.93. The number of furan rings is 1. The van der Waals surface area contributed by atoms with Crippen LogP contribution >= 0.6 is 34.9 Å². The van der Waals surface area contributed by atoms with Crippen LogP contribution in [0.2, 0.25) is 5.02 Å². The molecule has 0 unspecified atom stereocenters. The van der Waals surface area contributed by atoms with Crippen LogP contribution in [0.15, 0.2) is 87.3 Å². The lowest BCUT2D eigenvalue weighted by Crippen LogP contribution is -1.96. The van der Waals surface area contributed by atoms with Gasteiger partial charge in [0.15, 0.2) is 5.75 Å². The molecule has 0 saturated heterocycles. The Morgan fingerprint density at radius 3 is 2.68 bits per heavy atom. The van der Waals surface area contributed by atoms with Gasteiger partial charge in [0, 0.05) is 22.6 Å². The maximum absolute atomic E-state index is 14.8. The molecule has 0 saturated carbocycles. The minimum atomic E-state index is -0.520. The zero-order chi connectivity index (χ0) is 23.5. The molecule has 34 heavy (non-hydrogen) atoms. The number of benzene rings is 2. The SMILES string of the molecule is Fc1cc(Oc2ccc(-c3ccccc3F)nc2-c2ccoc2)c(Cl)cc1SNc1cscn1. The molecular formula is C24H14ClF2N3O2S2. The van der Waals surface area contributed by atoms with E-state index in [1.165, 1.54) is 42.1 Å². The molecule has 0 spiro atoms. The molecule has 2 aromatic carbocycles. The lowest BCUT2D eigenvalue weighted by molar-refractivity contribution is 0.474. The molecule has 0 radical (unpaired) electrons. The summed E-state index contributed by atoms with van der Waals surface area (Å²) in [6.45, 7) is 0. The van der Waals surface area contributed by atoms with Crippen LogP contribution in [0.4, 0.5) is 14.6 Å². The predicted molar refractivity (Wildman–Crippen MR) is 130 cm³/mol. The van der Waals surface area contributed by atoms with Crippen LogP contribution in [-0.2, 0) is 0 Å². The van der Waals surface area contributed by atoms with Gasteiger partial charge in [0.05, 0.1) is 33.6 Å². The molecule has 0 aliphatic heterocycles. The molecule has 170 valence electrons. The molecule has 3 aromatic heterocycles. The summed E-state index contributed by atoms with van der Waals surface area (Å²) in [5.41, 5.74) is 3.45. The van der Waals surface area contributed by atoms with E-state index in [4.69, 9.17) is 20.8 Å². The molecule has 5 nitrogen and oxygen atoms in total. The third-order valence-electron chi connectivity index (χ3n) is 4.71. The summed E-state index contributed by atoms with van der Waals surface area (Å²) in [6, 6.07) is 14.0. The molecule has 5 aromatic rings. The van der Waals surface area contributed by atoms with Crippen molar-refractivity contribution in [3.8, 4) is 34.0 Å². The number of nitrogens with one attached hydrogen (secondary N) is 1. The molecule has 3 heterocycles. The summed E-state index contributed by atoms with van der Waals surface area (Å²) in [6.07, 6.45) is 2.98. The van der Waals surface area contributed by atoms with Gasteiger partial charge in [-0.1, -0.05) is 23.7 Å². The van der Waals surface area contributed by atoms with E-state index in [-0.39, 0.29) is 15.7 Å². The molecule has 0 amide bonds. The topological polar surface area (TPSA) is 60.2 Å². The van der Waals surface area contributed by atoms with E-state index < -0.39 is 11.6 Å². The van der Waals surface area contributed by atoms with E-state index in [0.29, 0.717) is 34.1 Å². The minimum Gasteiger partial charge on any atom is -0.472 e. The lowest BCUT2D eigenvalue weighted by Gasteiger charge is -2.14. The first kappa shape index (κ1) is 22.4. The Hall–Kier alpha value is -3.40. The zero-order valence-electron chi connectivity index (χ0n) is 17.2. The van der Waals surface area contributed by atoms with Gasteiger partial charge in [-0.3, -0.25) is 0 Å². The zero-order valence-corrected chi connectivity index (χ0v) is 19.6. The van der Waals surface area contributed by atoms with Crippen LogP contribution in [0.3, 0.4) is 0 Å². The molecule has 0 bridgehead atoms. The Balaban J connectivity index is 1.47. The molecule has 5 rings (SSSR count). The van der Waals surface area contributed by atoms with Gasteiger partial charge >= 0.3 is 0 Å². The van der Waals surface area contributed by atoms with E-state index >= 15 is 0 Å². The van der Waals surface area contributed by atoms with Gasteiger partial charge in [0.1, 0.15) is 28.9 Å². The highest BCUT2D eigenvalue weighted by Gasteiger charge is 2.17. The van der Waals surface area contributed by atoms with Crippen molar-refractivity contribution in [3.63, 3.8) is 0 Å². The van der Waals surface area contributed by atoms with Crippen molar-refractivity contribution in [2.75, 3.05) is 4.72 Å². The van der Waals surface area contributed by atoms with Gasteiger partial charge in [-0.2, -0.15) is 0 Å². The summed E-state index contributed by atoms with van der Waals surface area (Å²) in [7, 11) is 0. The number of nitrogens with zero attached hydrogens (tertiary/aromatic N) is 2. The van der Waals surface area contributed by atoms with Crippen LogP contribution in [0.5, 0.6) is 11.5 Å². The van der Waals surface area contributed by atoms with Crippen molar-refractivity contribution in [1.29, 1.82) is 0 Å². The minimum absolute atomic E-state index is 0.113. The van der Waals surface area contributed by atoms with Crippen molar-refractivity contribution >= 4 is 40.7 Å². The second kappa shape index (κ2) is 9.84. The van der Waals surface area contributed by atoms with Gasteiger partial charge in [0.2, 0.25) is 0 Å². The largest absolute Gasteiger partial charge is 0.472 e. The number of ether oxygens (including phenoxy) is 1. The Morgan fingerprint density at radius 1 is 1.03 bits per heavy atom. The molecule has 0 aliphatic carbocycles. The fourth-order valence-corrected chi connectivity index (χ4v) is 4.59. The van der Waals surface area contributed by atoms with Crippen LogP contribution in [0.25, 0.3) is 22.5 Å². The predicted octanol–water partition coefficient (Wildman–Crippen LogP) is 8.31. The van der Waals surface area contributed by atoms with Gasteiger partial charge < -0.3 is 13.9 Å². The quantitative estimate of drug-likeness (QED) is 0.221. The molecular weight excluding hydrogens is 500 g/mol. The highest BCUT2D eigenvalue weighted by atomic mass is 35.5. The molecule has 1 N–H and O–H groups in total. The summed E-state index contributed by atoms with van der Waals surface area (Å²) in [5.74, 6) is 0.127. The van der Waals surface area contributed by atoms with Crippen LogP contribution in [-0.4, -0.2) is 9.97 Å². The van der Waals surface area contributed by atoms with E-state index in [1.807, 2.05) is 0 Å². The first-order valence-corrected chi connectivity index (χ1v) is 12.0. The Labute approximate surface area is 206 Å². The summed E-state index contributed by atoms with van der Waals surface area (Å²) in [4.78, 5) is 8.97. The lowest BCUT2D eigenvalue weighted by atomic mass is 10.1. The number of thiazole rings is 1. The maximum Gasteiger partial charge on any atom is 0.153 e. The van der Waals surface area contributed by atoms with Crippen molar-refractivity contribution in [3.05, 3.63) is 94.7 Å². The molecule has 0 fully saturated rings. The van der Waals surface area contributed by atoms with Crippen LogP contribution < -0.4 is 9.46 Å². The first-order chi connectivity index (χ1) is 16.6. The average molecular weight is 514 g/mol. The van der Waals surface area contributed by atoms with E-state index in [2.05, 4.69) is 14.7 Å². The number of rotatable bonds is 7. The van der Waals surface area contributed by atoms with Gasteiger partial charge in [-0.05, 0) is 48.3 Å². The number of anilines is 1. The van der Waals surface area contributed by atoms with E-state index in [1.54, 1.807) is 47.3 Å². The normalized spacial score (nSPS) is 10.9. The molecule has 10 heteroatoms. The number of halogens is 3. The summed E-state index contributed by atoms with van der Waals surface area (Å²) >= 11 is 8.88. The van der Waals surface area contributed by atoms with Crippen molar-refractivity contribution in [1.82, 2.24) is 9.97 Å². The van der Waals surface area contributed by atoms with Crippen molar-refractivity contribution in [2.45, 2.75) is 4.90 Å². The fourth-order valence-electron chi connectivity index (χ4n) is 3.11. The first-order valence-electron chi connectivity index (χ1n) is 9.85. The molecule has 0 atom stereocenters.